The molecule has 0 atom stereocenters. The van der Waals surface area contributed by atoms with E-state index >= 15 is 0 Å². The summed E-state index contributed by atoms with van der Waals surface area (Å²) >= 11 is 12.7. The largest absolute Gasteiger partial charge is 0.269 e. The second kappa shape index (κ2) is 37.5. The summed E-state index contributed by atoms with van der Waals surface area (Å²) in [7, 11) is 0. The van der Waals surface area contributed by atoms with Crippen molar-refractivity contribution in [2.45, 2.75) is 80.1 Å². The van der Waals surface area contributed by atoms with Gasteiger partial charge in [0, 0.05) is 39.3 Å². The molecule has 0 aliphatic rings. The van der Waals surface area contributed by atoms with Gasteiger partial charge in [0.25, 0.3) is 0 Å². The Labute approximate surface area is 184 Å². The van der Waals surface area contributed by atoms with Gasteiger partial charge in [-0.15, -0.1) is 0 Å². The van der Waals surface area contributed by atoms with Crippen molar-refractivity contribution in [3.05, 3.63) is 0 Å². The van der Waals surface area contributed by atoms with Gasteiger partial charge in [0.05, 0.1) is 0 Å². The van der Waals surface area contributed by atoms with Crippen LogP contribution < -0.4 is 0 Å². The van der Waals surface area contributed by atoms with E-state index in [1.54, 1.807) is 0 Å². The van der Waals surface area contributed by atoms with Gasteiger partial charge in [0.2, 0.25) is 0 Å². The Bertz CT molecular complexity index is 172. The zero-order valence-corrected chi connectivity index (χ0v) is 21.1. The lowest BCUT2D eigenvalue weighted by molar-refractivity contribution is 0.473. The van der Waals surface area contributed by atoms with Crippen molar-refractivity contribution in [1.29, 1.82) is 0 Å². The highest BCUT2D eigenvalue weighted by Crippen LogP contribution is 1.96. The Morgan fingerprint density at radius 2 is 0.481 bits per heavy atom. The SMILES string of the molecule is CCCN(S)CCC.CCCN(S)CCC.CCCN(S)CCC.F.F.F. The van der Waals surface area contributed by atoms with Crippen LogP contribution in [0.2, 0.25) is 0 Å². The molecule has 0 fully saturated rings. The van der Waals surface area contributed by atoms with E-state index in [1.807, 2.05) is 0 Å². The number of hydrogen-bond acceptors (Lipinski definition) is 6. The van der Waals surface area contributed by atoms with Crippen LogP contribution in [-0.2, 0) is 0 Å². The third kappa shape index (κ3) is 46.6. The van der Waals surface area contributed by atoms with Gasteiger partial charge in [-0.2, -0.15) is 0 Å². The lowest BCUT2D eigenvalue weighted by atomic mass is 10.4. The number of halogens is 3. The van der Waals surface area contributed by atoms with Crippen LogP contribution in [0.3, 0.4) is 0 Å². The lowest BCUT2D eigenvalue weighted by Gasteiger charge is -2.10. The van der Waals surface area contributed by atoms with Crippen LogP contribution in [0, 0.1) is 0 Å². The number of thiol groups is 3. The molecule has 0 saturated carbocycles. The fourth-order valence-electron chi connectivity index (χ4n) is 1.88. The Morgan fingerprint density at radius 3 is 0.556 bits per heavy atom. The van der Waals surface area contributed by atoms with Gasteiger partial charge in [0.1, 0.15) is 0 Å². The molecule has 0 bridgehead atoms. The van der Waals surface area contributed by atoms with E-state index in [4.69, 9.17) is 0 Å². The van der Waals surface area contributed by atoms with Crippen LogP contribution in [0.4, 0.5) is 14.1 Å². The van der Waals surface area contributed by atoms with Crippen molar-refractivity contribution < 1.29 is 14.1 Å². The molecular weight excluding hydrogens is 411 g/mol. The molecule has 3 nitrogen and oxygen atoms in total. The van der Waals surface area contributed by atoms with Crippen LogP contribution in [0.5, 0.6) is 0 Å². The molecule has 0 unspecified atom stereocenters. The highest BCUT2D eigenvalue weighted by Gasteiger charge is 1.92. The van der Waals surface area contributed by atoms with Gasteiger partial charge in [-0.05, 0) is 38.5 Å². The Hall–Kier alpha value is 0.720. The average molecular weight is 460 g/mol. The highest BCUT2D eigenvalue weighted by atomic mass is 32.1. The molecule has 0 aromatic carbocycles. The summed E-state index contributed by atoms with van der Waals surface area (Å²) in [5.41, 5.74) is 0. The Kier molecular flexibility index (Phi) is 58.2. The molecule has 0 N–H and O–H groups in total. The summed E-state index contributed by atoms with van der Waals surface area (Å²) in [6.45, 7) is 19.6. The number of hydrogen-bond donors (Lipinski definition) is 3. The maximum atomic E-state index is 4.22. The van der Waals surface area contributed by atoms with Gasteiger partial charge < -0.3 is 0 Å². The van der Waals surface area contributed by atoms with Crippen LogP contribution >= 0.6 is 38.4 Å². The molecule has 0 aromatic heterocycles. The number of nitrogens with zero attached hydrogens (tertiary/aromatic N) is 3. The van der Waals surface area contributed by atoms with Crippen LogP contribution in [0.1, 0.15) is 80.1 Å². The van der Waals surface area contributed by atoms with E-state index in [1.165, 1.54) is 38.5 Å². The lowest BCUT2D eigenvalue weighted by Crippen LogP contribution is -2.13. The highest BCUT2D eigenvalue weighted by molar-refractivity contribution is 7.78. The molecule has 9 heteroatoms. The van der Waals surface area contributed by atoms with Gasteiger partial charge in [-0.25, -0.2) is 0 Å². The van der Waals surface area contributed by atoms with E-state index in [0.717, 1.165) is 39.3 Å². The molecule has 0 rings (SSSR count). The van der Waals surface area contributed by atoms with E-state index in [-0.39, 0.29) is 14.1 Å². The van der Waals surface area contributed by atoms with Crippen molar-refractivity contribution in [3.8, 4) is 0 Å². The second-order valence-electron chi connectivity index (χ2n) is 5.86. The van der Waals surface area contributed by atoms with Gasteiger partial charge in [0.15, 0.2) is 0 Å². The smallest absolute Gasteiger partial charge is 0.00843 e. The average Bonchev–Trinajstić information content (AvgIpc) is 2.50. The first-order valence-corrected chi connectivity index (χ1v) is 10.9. The molecule has 174 valence electrons. The quantitative estimate of drug-likeness (QED) is 0.295. The monoisotopic (exact) mass is 459 g/mol. The maximum Gasteiger partial charge on any atom is 0.00843 e. The summed E-state index contributed by atoms with van der Waals surface area (Å²) < 4.78 is 6.17. The molecule has 0 saturated heterocycles. The molecule has 0 heterocycles. The van der Waals surface area contributed by atoms with Crippen molar-refractivity contribution >= 4 is 38.4 Å². The van der Waals surface area contributed by atoms with Gasteiger partial charge in [-0.1, -0.05) is 80.0 Å². The third-order valence-corrected chi connectivity index (χ3v) is 4.09. The van der Waals surface area contributed by atoms with Crippen molar-refractivity contribution in [3.63, 3.8) is 0 Å². The minimum Gasteiger partial charge on any atom is -0.269 e. The number of rotatable bonds is 12. The first kappa shape index (κ1) is 42.0. The normalized spacial score (nSPS) is 9.33. The van der Waals surface area contributed by atoms with Gasteiger partial charge >= 0.3 is 0 Å². The van der Waals surface area contributed by atoms with Crippen LogP contribution in [0.15, 0.2) is 0 Å². The molecule has 0 aliphatic heterocycles. The summed E-state index contributed by atoms with van der Waals surface area (Å²) in [4.78, 5) is 0. The maximum absolute atomic E-state index is 4.22. The fourth-order valence-corrected chi connectivity index (χ4v) is 3.08. The van der Waals surface area contributed by atoms with E-state index in [9.17, 15) is 0 Å². The third-order valence-electron chi connectivity index (χ3n) is 2.89. The van der Waals surface area contributed by atoms with Crippen molar-refractivity contribution in [1.82, 2.24) is 12.9 Å². The van der Waals surface area contributed by atoms with E-state index in [0.29, 0.717) is 0 Å². The topological polar surface area (TPSA) is 9.72 Å². The van der Waals surface area contributed by atoms with E-state index in [2.05, 4.69) is 92.9 Å². The summed E-state index contributed by atoms with van der Waals surface area (Å²) in [6.07, 6.45) is 7.19. The first-order chi connectivity index (χ1) is 11.4. The first-order valence-electron chi connectivity index (χ1n) is 9.74. The summed E-state index contributed by atoms with van der Waals surface area (Å²) in [5.74, 6) is 0. The molecule has 0 spiro atoms. The summed E-state index contributed by atoms with van der Waals surface area (Å²) in [6, 6.07) is 0. The van der Waals surface area contributed by atoms with Crippen LogP contribution in [0.25, 0.3) is 0 Å². The standard InChI is InChI=1S/3C6H15NS.3FH/c3*1-3-5-7(8)6-4-2;;;/h3*8H,3-6H2,1-2H3;3*1H. The molecule has 0 amide bonds. The van der Waals surface area contributed by atoms with Crippen LogP contribution in [-0.4, -0.2) is 52.2 Å². The minimum atomic E-state index is 0. The Balaban J connectivity index is -0.0000000580. The molecular formula is C18H48F3N3S3. The zero-order valence-electron chi connectivity index (χ0n) is 18.4. The van der Waals surface area contributed by atoms with Gasteiger partial charge in [-0.3, -0.25) is 27.0 Å². The minimum absolute atomic E-state index is 0. The second-order valence-corrected chi connectivity index (χ2v) is 7.56. The fraction of sp³-hybridized carbons (Fsp3) is 1.00. The molecule has 0 aliphatic carbocycles. The summed E-state index contributed by atoms with van der Waals surface area (Å²) in [5, 5.41) is 0. The predicted molar refractivity (Wildman–Crippen MR) is 131 cm³/mol. The predicted octanol–water partition coefficient (Wildman–Crippen LogP) is 6.32. The molecule has 0 radical (unpaired) electrons. The molecule has 0 aromatic rings. The van der Waals surface area contributed by atoms with Crippen molar-refractivity contribution in [2.75, 3.05) is 39.3 Å². The molecule has 27 heavy (non-hydrogen) atoms. The van der Waals surface area contributed by atoms with Crippen molar-refractivity contribution in [2.24, 2.45) is 0 Å². The zero-order chi connectivity index (χ0) is 19.2. The Morgan fingerprint density at radius 1 is 0.370 bits per heavy atom. The van der Waals surface area contributed by atoms with E-state index < -0.39 is 0 Å².